The van der Waals surface area contributed by atoms with Crippen LogP contribution in [0.15, 0.2) is 41.7 Å². The van der Waals surface area contributed by atoms with Gasteiger partial charge in [-0.3, -0.25) is 4.40 Å². The molecule has 0 aliphatic carbocycles. The Bertz CT molecular complexity index is 849. The lowest BCUT2D eigenvalue weighted by molar-refractivity contribution is 0.588. The Labute approximate surface area is 111 Å². The fraction of sp³-hybridized carbons (Fsp3) is 0.0909. The third kappa shape index (κ3) is 1.75. The highest BCUT2D eigenvalue weighted by Gasteiger charge is 2.21. The molecule has 0 atom stereocenters. The number of imidazole rings is 1. The smallest absolute Gasteiger partial charge is 0.270 e. The Morgan fingerprint density at radius 3 is 2.58 bits per heavy atom. The van der Waals surface area contributed by atoms with Crippen LogP contribution in [0.25, 0.3) is 5.78 Å². The standard InChI is InChI=1S/C11H11BN4O2S/c1-8-2-4-9(5-3-8)19(17,18)16-6-10(12)15-7-13-14-11(15)16/h2-7H,12H2,1H3. The molecule has 1 aromatic carbocycles. The summed E-state index contributed by atoms with van der Waals surface area (Å²) in [4.78, 5) is 0.235. The Hall–Kier alpha value is -2.09. The van der Waals surface area contributed by atoms with Crippen molar-refractivity contribution >= 4 is 29.2 Å². The van der Waals surface area contributed by atoms with E-state index in [1.165, 1.54) is 6.33 Å². The maximum absolute atomic E-state index is 12.6. The van der Waals surface area contributed by atoms with E-state index in [9.17, 15) is 8.42 Å². The van der Waals surface area contributed by atoms with Gasteiger partial charge in [-0.25, -0.2) is 12.4 Å². The first-order valence-electron chi connectivity index (χ1n) is 5.70. The number of aromatic nitrogens is 4. The van der Waals surface area contributed by atoms with Gasteiger partial charge in [0.15, 0.2) is 7.85 Å². The van der Waals surface area contributed by atoms with Gasteiger partial charge in [0.05, 0.1) is 4.90 Å². The molecule has 2 heterocycles. The van der Waals surface area contributed by atoms with Crippen LogP contribution in [0.4, 0.5) is 0 Å². The quantitative estimate of drug-likeness (QED) is 0.581. The van der Waals surface area contributed by atoms with Crippen LogP contribution in [0.5, 0.6) is 0 Å². The summed E-state index contributed by atoms with van der Waals surface area (Å²) in [6.45, 7) is 1.91. The molecule has 96 valence electrons. The maximum Gasteiger partial charge on any atom is 0.270 e. The summed E-state index contributed by atoms with van der Waals surface area (Å²) in [7, 11) is -1.83. The minimum atomic E-state index is -3.64. The first-order chi connectivity index (χ1) is 9.00. The van der Waals surface area contributed by atoms with Crippen molar-refractivity contribution in [1.82, 2.24) is 18.6 Å². The Morgan fingerprint density at radius 2 is 1.89 bits per heavy atom. The number of fused-ring (bicyclic) bond motifs is 1. The summed E-state index contributed by atoms with van der Waals surface area (Å²) in [5, 5.41) is 7.58. The Morgan fingerprint density at radius 1 is 1.21 bits per heavy atom. The summed E-state index contributed by atoms with van der Waals surface area (Å²) in [5.74, 6) is 0.290. The molecule has 0 aliphatic rings. The molecule has 8 heteroatoms. The van der Waals surface area contributed by atoms with E-state index in [1.807, 2.05) is 6.92 Å². The number of nitrogens with zero attached hydrogens (tertiary/aromatic N) is 4. The number of hydrogen-bond acceptors (Lipinski definition) is 4. The van der Waals surface area contributed by atoms with E-state index in [1.54, 1.807) is 42.7 Å². The van der Waals surface area contributed by atoms with Gasteiger partial charge in [0.1, 0.15) is 6.33 Å². The lowest BCUT2D eigenvalue weighted by Gasteiger charge is -2.05. The minimum absolute atomic E-state index is 0.235. The fourth-order valence-corrected chi connectivity index (χ4v) is 3.26. The minimum Gasteiger partial charge on any atom is -0.279 e. The van der Waals surface area contributed by atoms with Crippen LogP contribution in [0.1, 0.15) is 5.56 Å². The van der Waals surface area contributed by atoms with Gasteiger partial charge in [-0.05, 0) is 24.6 Å². The van der Waals surface area contributed by atoms with Crippen LogP contribution in [-0.2, 0) is 10.0 Å². The molecular weight excluding hydrogens is 263 g/mol. The van der Waals surface area contributed by atoms with Crippen LogP contribution in [0.2, 0.25) is 0 Å². The number of benzene rings is 1. The first kappa shape index (κ1) is 12.0. The molecule has 0 fully saturated rings. The van der Waals surface area contributed by atoms with E-state index < -0.39 is 10.0 Å². The predicted molar refractivity (Wildman–Crippen MR) is 72.9 cm³/mol. The van der Waals surface area contributed by atoms with Crippen LogP contribution in [0.3, 0.4) is 0 Å². The molecule has 0 N–H and O–H groups in total. The molecule has 0 unspecified atom stereocenters. The zero-order valence-corrected chi connectivity index (χ0v) is 11.3. The second-order valence-electron chi connectivity index (χ2n) is 4.39. The lowest BCUT2D eigenvalue weighted by Crippen LogP contribution is -2.13. The molecule has 0 spiro atoms. The summed E-state index contributed by atoms with van der Waals surface area (Å²) < 4.78 is 27.9. The van der Waals surface area contributed by atoms with E-state index in [4.69, 9.17) is 0 Å². The molecule has 0 amide bonds. The number of hydrogen-bond donors (Lipinski definition) is 0. The SMILES string of the molecule is Bc1cn(S(=O)(=O)c2ccc(C)cc2)c2nncn12. The summed E-state index contributed by atoms with van der Waals surface area (Å²) in [5.41, 5.74) is 1.77. The average molecular weight is 274 g/mol. The highest BCUT2D eigenvalue weighted by molar-refractivity contribution is 7.90. The third-order valence-corrected chi connectivity index (χ3v) is 4.64. The number of aryl methyl sites for hydroxylation is 1. The monoisotopic (exact) mass is 274 g/mol. The van der Waals surface area contributed by atoms with Gasteiger partial charge < -0.3 is 0 Å². The zero-order valence-electron chi connectivity index (χ0n) is 10.5. The molecule has 0 saturated heterocycles. The van der Waals surface area contributed by atoms with Crippen molar-refractivity contribution in [2.75, 3.05) is 0 Å². The van der Waals surface area contributed by atoms with Crippen LogP contribution < -0.4 is 5.59 Å². The van der Waals surface area contributed by atoms with Crippen LogP contribution in [0, 0.1) is 6.92 Å². The third-order valence-electron chi connectivity index (χ3n) is 2.99. The maximum atomic E-state index is 12.6. The molecule has 3 aromatic rings. The van der Waals surface area contributed by atoms with Gasteiger partial charge in [0.2, 0.25) is 5.78 Å². The first-order valence-corrected chi connectivity index (χ1v) is 7.14. The van der Waals surface area contributed by atoms with E-state index in [0.717, 1.165) is 15.1 Å². The van der Waals surface area contributed by atoms with E-state index >= 15 is 0 Å². The van der Waals surface area contributed by atoms with Crippen molar-refractivity contribution in [3.8, 4) is 0 Å². The molecule has 2 aromatic heterocycles. The van der Waals surface area contributed by atoms with Crippen LogP contribution >= 0.6 is 0 Å². The van der Waals surface area contributed by atoms with Gasteiger partial charge in [-0.15, -0.1) is 10.2 Å². The summed E-state index contributed by atoms with van der Waals surface area (Å²) >= 11 is 0. The molecule has 0 bridgehead atoms. The van der Waals surface area contributed by atoms with Gasteiger partial charge in [-0.1, -0.05) is 17.7 Å². The molecule has 0 radical (unpaired) electrons. The number of rotatable bonds is 2. The van der Waals surface area contributed by atoms with Crippen molar-refractivity contribution < 1.29 is 8.42 Å². The molecular formula is C11H11BN4O2S. The summed E-state index contributed by atoms with van der Waals surface area (Å²) in [6.07, 6.45) is 3.03. The molecule has 3 rings (SSSR count). The molecule has 0 aliphatic heterocycles. The largest absolute Gasteiger partial charge is 0.279 e. The van der Waals surface area contributed by atoms with Gasteiger partial charge >= 0.3 is 0 Å². The van der Waals surface area contributed by atoms with E-state index in [2.05, 4.69) is 10.2 Å². The highest BCUT2D eigenvalue weighted by Crippen LogP contribution is 2.16. The van der Waals surface area contributed by atoms with Gasteiger partial charge in [-0.2, -0.15) is 0 Å². The van der Waals surface area contributed by atoms with E-state index in [-0.39, 0.29) is 10.7 Å². The highest BCUT2D eigenvalue weighted by atomic mass is 32.2. The summed E-state index contributed by atoms with van der Waals surface area (Å²) in [6, 6.07) is 6.72. The molecule has 0 saturated carbocycles. The van der Waals surface area contributed by atoms with Crippen molar-refractivity contribution in [3.63, 3.8) is 0 Å². The van der Waals surface area contributed by atoms with Crippen molar-refractivity contribution in [1.29, 1.82) is 0 Å². The van der Waals surface area contributed by atoms with Crippen molar-refractivity contribution in [3.05, 3.63) is 42.4 Å². The normalized spacial score (nSPS) is 12.1. The lowest BCUT2D eigenvalue weighted by atomic mass is 10.1. The fourth-order valence-electron chi connectivity index (χ4n) is 1.92. The van der Waals surface area contributed by atoms with E-state index in [0.29, 0.717) is 0 Å². The second-order valence-corrected chi connectivity index (χ2v) is 6.20. The average Bonchev–Trinajstić information content (AvgIpc) is 2.94. The second kappa shape index (κ2) is 3.96. The van der Waals surface area contributed by atoms with Gasteiger partial charge in [0, 0.05) is 6.20 Å². The Balaban J connectivity index is 2.25. The van der Waals surface area contributed by atoms with Gasteiger partial charge in [0.25, 0.3) is 10.0 Å². The van der Waals surface area contributed by atoms with Crippen molar-refractivity contribution in [2.45, 2.75) is 11.8 Å². The molecule has 6 nitrogen and oxygen atoms in total. The Kier molecular flexibility index (Phi) is 2.49. The zero-order chi connectivity index (χ0) is 13.6. The topological polar surface area (TPSA) is 69.3 Å². The van der Waals surface area contributed by atoms with Crippen molar-refractivity contribution in [2.24, 2.45) is 0 Å². The predicted octanol–water partition coefficient (Wildman–Crippen LogP) is -0.665. The molecule has 19 heavy (non-hydrogen) atoms. The van der Waals surface area contributed by atoms with Crippen LogP contribution in [-0.4, -0.2) is 34.8 Å².